The summed E-state index contributed by atoms with van der Waals surface area (Å²) in [4.78, 5) is 14.1. The van der Waals surface area contributed by atoms with E-state index < -0.39 is 15.9 Å². The summed E-state index contributed by atoms with van der Waals surface area (Å²) in [6, 6.07) is 6.90. The van der Waals surface area contributed by atoms with Crippen molar-refractivity contribution in [3.63, 3.8) is 0 Å². The van der Waals surface area contributed by atoms with Gasteiger partial charge in [-0.3, -0.25) is 4.79 Å². The minimum Gasteiger partial charge on any atom is -0.304 e. The number of carbonyl (C=O) groups is 1. The van der Waals surface area contributed by atoms with Crippen LogP contribution < -0.4 is 4.90 Å². The number of benzene rings is 1. The lowest BCUT2D eigenvalue weighted by molar-refractivity contribution is -0.119. The van der Waals surface area contributed by atoms with Crippen LogP contribution in [0.1, 0.15) is 20.3 Å². The molecule has 1 heterocycles. The molecule has 1 aromatic carbocycles. The lowest BCUT2D eigenvalue weighted by atomic mass is 10.1. The second-order valence-electron chi connectivity index (χ2n) is 5.56. The van der Waals surface area contributed by atoms with Crippen LogP contribution in [0, 0.1) is 5.92 Å². The van der Waals surface area contributed by atoms with E-state index in [4.69, 9.17) is 0 Å². The van der Waals surface area contributed by atoms with Gasteiger partial charge in [-0.05, 0) is 36.3 Å². The number of halogens is 1. The van der Waals surface area contributed by atoms with E-state index in [0.717, 1.165) is 10.2 Å². The second-order valence-corrected chi connectivity index (χ2v) is 8.41. The van der Waals surface area contributed by atoms with Gasteiger partial charge in [-0.25, -0.2) is 8.42 Å². The molecule has 4 nitrogen and oxygen atoms in total. The molecule has 0 fully saturated rings. The van der Waals surface area contributed by atoms with E-state index in [1.54, 1.807) is 11.0 Å². The minimum atomic E-state index is -3.20. The van der Waals surface area contributed by atoms with Crippen molar-refractivity contribution < 1.29 is 13.2 Å². The molecular formula is C15H18BrNO3S. The normalized spacial score (nSPS) is 19.9. The Balaban J connectivity index is 2.33. The Labute approximate surface area is 133 Å². The molecule has 1 unspecified atom stereocenters. The minimum absolute atomic E-state index is 0.0487. The van der Waals surface area contributed by atoms with Crippen LogP contribution >= 0.6 is 15.9 Å². The molecule has 0 radical (unpaired) electrons. The summed E-state index contributed by atoms with van der Waals surface area (Å²) in [7, 11) is -3.20. The van der Waals surface area contributed by atoms with Crippen molar-refractivity contribution in [2.45, 2.75) is 26.3 Å². The molecule has 0 saturated heterocycles. The van der Waals surface area contributed by atoms with Gasteiger partial charge in [0.05, 0.1) is 11.8 Å². The molecule has 114 valence electrons. The van der Waals surface area contributed by atoms with Gasteiger partial charge >= 0.3 is 0 Å². The molecular weight excluding hydrogens is 354 g/mol. The van der Waals surface area contributed by atoms with Crippen LogP contribution in [0.25, 0.3) is 0 Å². The molecule has 2 rings (SSSR count). The maximum Gasteiger partial charge on any atom is 0.227 e. The second kappa shape index (κ2) is 6.32. The van der Waals surface area contributed by atoms with Gasteiger partial charge in [0.1, 0.15) is 0 Å². The summed E-state index contributed by atoms with van der Waals surface area (Å²) in [5.41, 5.74) is 0.718. The highest BCUT2D eigenvalue weighted by Crippen LogP contribution is 2.26. The highest BCUT2D eigenvalue weighted by molar-refractivity contribution is 9.10. The predicted octanol–water partition coefficient (Wildman–Crippen LogP) is 3.14. The summed E-state index contributed by atoms with van der Waals surface area (Å²) in [5, 5.41) is 1.20. The molecule has 1 amide bonds. The van der Waals surface area contributed by atoms with E-state index in [0.29, 0.717) is 6.42 Å². The number of carbonyl (C=O) groups excluding carboxylic acids is 1. The monoisotopic (exact) mass is 371 g/mol. The van der Waals surface area contributed by atoms with Crippen molar-refractivity contribution in [1.29, 1.82) is 0 Å². The van der Waals surface area contributed by atoms with Crippen LogP contribution in [0.5, 0.6) is 0 Å². The van der Waals surface area contributed by atoms with Gasteiger partial charge in [0.2, 0.25) is 5.91 Å². The topological polar surface area (TPSA) is 54.5 Å². The smallest absolute Gasteiger partial charge is 0.227 e. The lowest BCUT2D eigenvalue weighted by Crippen LogP contribution is -2.41. The number of nitrogens with zero attached hydrogens (tertiary/aromatic N) is 1. The van der Waals surface area contributed by atoms with Crippen molar-refractivity contribution in [1.82, 2.24) is 0 Å². The molecule has 1 aliphatic heterocycles. The van der Waals surface area contributed by atoms with E-state index in [-0.39, 0.29) is 17.6 Å². The largest absolute Gasteiger partial charge is 0.304 e. The zero-order chi connectivity index (χ0) is 15.6. The number of hydrogen-bond acceptors (Lipinski definition) is 3. The number of anilines is 1. The summed E-state index contributed by atoms with van der Waals surface area (Å²) in [6.07, 6.45) is 1.98. The maximum atomic E-state index is 12.5. The Morgan fingerprint density at radius 2 is 1.95 bits per heavy atom. The van der Waals surface area contributed by atoms with Gasteiger partial charge in [-0.15, -0.1) is 0 Å². The van der Waals surface area contributed by atoms with Gasteiger partial charge in [0.25, 0.3) is 0 Å². The number of amides is 1. The van der Waals surface area contributed by atoms with Crippen molar-refractivity contribution >= 4 is 37.4 Å². The van der Waals surface area contributed by atoms with Gasteiger partial charge in [0.15, 0.2) is 9.84 Å². The first kappa shape index (κ1) is 16.2. The molecule has 0 aliphatic carbocycles. The zero-order valence-corrected chi connectivity index (χ0v) is 14.4. The van der Waals surface area contributed by atoms with Crippen molar-refractivity contribution in [2.75, 3.05) is 10.7 Å². The predicted molar refractivity (Wildman–Crippen MR) is 87.8 cm³/mol. The van der Waals surface area contributed by atoms with Crippen molar-refractivity contribution in [3.05, 3.63) is 40.2 Å². The Morgan fingerprint density at radius 1 is 1.33 bits per heavy atom. The van der Waals surface area contributed by atoms with Crippen LogP contribution in [-0.4, -0.2) is 26.1 Å². The van der Waals surface area contributed by atoms with E-state index in [1.165, 1.54) is 5.41 Å². The Kier molecular flexibility index (Phi) is 4.88. The first-order valence-corrected chi connectivity index (χ1v) is 9.28. The molecule has 1 aromatic rings. The fourth-order valence-electron chi connectivity index (χ4n) is 2.29. The number of sulfone groups is 1. The molecule has 6 heteroatoms. The Bertz CT molecular complexity index is 650. The summed E-state index contributed by atoms with van der Waals surface area (Å²) >= 11 is 3.36. The van der Waals surface area contributed by atoms with Gasteiger partial charge in [-0.2, -0.15) is 0 Å². The average molecular weight is 372 g/mol. The quantitative estimate of drug-likeness (QED) is 0.816. The third kappa shape index (κ3) is 4.17. The highest BCUT2D eigenvalue weighted by atomic mass is 79.9. The molecule has 0 aromatic heterocycles. The third-order valence-electron chi connectivity index (χ3n) is 3.20. The molecule has 0 saturated carbocycles. The first-order chi connectivity index (χ1) is 9.78. The highest BCUT2D eigenvalue weighted by Gasteiger charge is 2.31. The number of hydrogen-bond donors (Lipinski definition) is 0. The van der Waals surface area contributed by atoms with Crippen LogP contribution in [-0.2, 0) is 14.6 Å². The summed E-state index contributed by atoms with van der Waals surface area (Å²) in [5.74, 6) is 0.115. The maximum absolute atomic E-state index is 12.5. The van der Waals surface area contributed by atoms with E-state index >= 15 is 0 Å². The molecule has 0 N–H and O–H groups in total. The van der Waals surface area contributed by atoms with Gasteiger partial charge in [-0.1, -0.05) is 29.8 Å². The molecule has 0 spiro atoms. The SMILES string of the molecule is CC(C)CC(=O)N(c1ccc(Br)cc1)C1C=CS(=O)(=O)C1. The van der Waals surface area contributed by atoms with Crippen molar-refractivity contribution in [3.8, 4) is 0 Å². The lowest BCUT2D eigenvalue weighted by Gasteiger charge is -2.28. The molecule has 0 bridgehead atoms. The fraction of sp³-hybridized carbons (Fsp3) is 0.400. The van der Waals surface area contributed by atoms with Crippen LogP contribution in [0.3, 0.4) is 0 Å². The van der Waals surface area contributed by atoms with Crippen LogP contribution in [0.2, 0.25) is 0 Å². The first-order valence-electron chi connectivity index (χ1n) is 6.77. The third-order valence-corrected chi connectivity index (χ3v) is 5.11. The molecule has 1 atom stereocenters. The van der Waals surface area contributed by atoms with Crippen LogP contribution in [0.15, 0.2) is 40.2 Å². The van der Waals surface area contributed by atoms with E-state index in [2.05, 4.69) is 15.9 Å². The Hall–Kier alpha value is -1.14. The Morgan fingerprint density at radius 3 is 2.43 bits per heavy atom. The fourth-order valence-corrected chi connectivity index (χ4v) is 3.82. The molecule has 1 aliphatic rings. The summed E-state index contributed by atoms with van der Waals surface area (Å²) in [6.45, 7) is 3.94. The standard InChI is InChI=1S/C15H18BrNO3S/c1-11(2)9-15(18)17(13-5-3-12(16)4-6-13)14-7-8-21(19,20)10-14/h3-8,11,14H,9-10H2,1-2H3. The van der Waals surface area contributed by atoms with Crippen LogP contribution in [0.4, 0.5) is 5.69 Å². The molecule has 21 heavy (non-hydrogen) atoms. The summed E-state index contributed by atoms with van der Waals surface area (Å²) < 4.78 is 24.2. The van der Waals surface area contributed by atoms with Gasteiger partial charge < -0.3 is 4.90 Å². The zero-order valence-electron chi connectivity index (χ0n) is 12.0. The number of rotatable bonds is 4. The van der Waals surface area contributed by atoms with E-state index in [9.17, 15) is 13.2 Å². The van der Waals surface area contributed by atoms with Gasteiger partial charge in [0, 0.05) is 22.0 Å². The van der Waals surface area contributed by atoms with Crippen molar-refractivity contribution in [2.24, 2.45) is 5.92 Å². The average Bonchev–Trinajstić information content (AvgIpc) is 2.71. The van der Waals surface area contributed by atoms with E-state index in [1.807, 2.05) is 38.1 Å².